The number of nitrogens with zero attached hydrogens (tertiary/aromatic N) is 7. The first-order valence-electron chi connectivity index (χ1n) is 12.5. The van der Waals surface area contributed by atoms with Gasteiger partial charge in [0.05, 0.1) is 30.1 Å². The number of fused-ring (bicyclic) bond motifs is 1. The van der Waals surface area contributed by atoms with E-state index >= 15 is 0 Å². The van der Waals surface area contributed by atoms with Gasteiger partial charge in [-0.15, -0.1) is 0 Å². The average molecular weight is 536 g/mol. The second-order valence-electron chi connectivity index (χ2n) is 10.00. The summed E-state index contributed by atoms with van der Waals surface area (Å²) in [5, 5.41) is 17.3. The van der Waals surface area contributed by atoms with E-state index in [2.05, 4.69) is 36.3 Å². The normalized spacial score (nSPS) is 17.6. The van der Waals surface area contributed by atoms with Crippen molar-refractivity contribution >= 4 is 22.8 Å². The molecule has 2 aliphatic heterocycles. The number of likely N-dealkylation sites (tertiary alicyclic amines) is 2. The summed E-state index contributed by atoms with van der Waals surface area (Å²) in [6.45, 7) is 2.08. The minimum Gasteiger partial charge on any atom is -0.346 e. The fourth-order valence-electron chi connectivity index (χ4n) is 5.54. The van der Waals surface area contributed by atoms with Crippen molar-refractivity contribution in [2.75, 3.05) is 31.5 Å². The van der Waals surface area contributed by atoms with Crippen molar-refractivity contribution in [2.45, 2.75) is 30.8 Å². The number of hydrogen-bond acceptors (Lipinski definition) is 6. The van der Waals surface area contributed by atoms with Crippen LogP contribution in [0.1, 0.15) is 19.3 Å². The van der Waals surface area contributed by atoms with Crippen LogP contribution < -0.4 is 5.32 Å². The summed E-state index contributed by atoms with van der Waals surface area (Å²) in [5.74, 6) is -3.63. The number of benzene rings is 1. The predicted molar refractivity (Wildman–Crippen MR) is 135 cm³/mol. The van der Waals surface area contributed by atoms with E-state index in [9.17, 15) is 23.2 Å². The number of halogens is 3. The Balaban J connectivity index is 1.09. The third-order valence-electron chi connectivity index (χ3n) is 7.60. The molecule has 13 heteroatoms. The van der Waals surface area contributed by atoms with Crippen LogP contribution in [-0.2, 0) is 5.54 Å². The van der Waals surface area contributed by atoms with Gasteiger partial charge in [-0.2, -0.15) is 10.4 Å². The standard InChI is InChI=1S/C26H24F3N9O/c27-17-9-20(28)22(29)21(10-17)35-25(39)36-7-2-18(3-8-36)37-13-26(14-37,4-5-30)38-12-16(11-34-38)23-19-1-6-31-24(19)33-15-32-23/h1,6,9-12,15,18H,2-4,7-8,13-14H2,(H,35,39)(H,31,32,33). The average Bonchev–Trinajstić information content (AvgIpc) is 3.59. The fourth-order valence-corrected chi connectivity index (χ4v) is 5.54. The number of piperidine rings is 1. The molecule has 5 heterocycles. The summed E-state index contributed by atoms with van der Waals surface area (Å²) in [4.78, 5) is 28.1. The van der Waals surface area contributed by atoms with Gasteiger partial charge < -0.3 is 15.2 Å². The zero-order valence-electron chi connectivity index (χ0n) is 20.7. The highest BCUT2D eigenvalue weighted by molar-refractivity contribution is 5.90. The fraction of sp³-hybridized carbons (Fsp3) is 0.346. The monoisotopic (exact) mass is 535 g/mol. The number of nitrogens with one attached hydrogen (secondary N) is 2. The number of aromatic amines is 1. The molecular formula is C26H24F3N9O. The lowest BCUT2D eigenvalue weighted by atomic mass is 9.84. The minimum atomic E-state index is -1.36. The molecule has 200 valence electrons. The van der Waals surface area contributed by atoms with Crippen LogP contribution in [0.3, 0.4) is 0 Å². The van der Waals surface area contributed by atoms with Gasteiger partial charge in [-0.3, -0.25) is 9.58 Å². The van der Waals surface area contributed by atoms with Crippen LogP contribution in [0.5, 0.6) is 0 Å². The molecule has 10 nitrogen and oxygen atoms in total. The molecule has 39 heavy (non-hydrogen) atoms. The highest BCUT2D eigenvalue weighted by Crippen LogP contribution is 2.37. The van der Waals surface area contributed by atoms with Crippen molar-refractivity contribution in [1.82, 2.24) is 34.5 Å². The third-order valence-corrected chi connectivity index (χ3v) is 7.60. The van der Waals surface area contributed by atoms with Crippen LogP contribution in [-0.4, -0.2) is 72.8 Å². The number of carbonyl (C=O) groups excluding carboxylic acids is 1. The summed E-state index contributed by atoms with van der Waals surface area (Å²) in [6, 6.07) is 4.99. The summed E-state index contributed by atoms with van der Waals surface area (Å²) in [7, 11) is 0. The molecule has 0 bridgehead atoms. The molecule has 6 rings (SSSR count). The van der Waals surface area contributed by atoms with Crippen LogP contribution >= 0.6 is 0 Å². The predicted octanol–water partition coefficient (Wildman–Crippen LogP) is 3.86. The molecule has 0 aliphatic carbocycles. The Labute approximate surface area is 221 Å². The maximum Gasteiger partial charge on any atom is 0.321 e. The van der Waals surface area contributed by atoms with Crippen LogP contribution in [0.4, 0.5) is 23.7 Å². The van der Waals surface area contributed by atoms with Crippen LogP contribution in [0.15, 0.2) is 43.1 Å². The molecule has 2 N–H and O–H groups in total. The minimum absolute atomic E-state index is 0.195. The quantitative estimate of drug-likeness (QED) is 0.375. The topological polar surface area (TPSA) is 119 Å². The van der Waals surface area contributed by atoms with Crippen molar-refractivity contribution in [1.29, 1.82) is 5.26 Å². The maximum atomic E-state index is 13.9. The van der Waals surface area contributed by atoms with Crippen molar-refractivity contribution in [3.05, 3.63) is 60.6 Å². The van der Waals surface area contributed by atoms with Gasteiger partial charge in [0.2, 0.25) is 0 Å². The van der Waals surface area contributed by atoms with E-state index < -0.39 is 34.7 Å². The molecule has 0 radical (unpaired) electrons. The Morgan fingerprint density at radius 3 is 2.77 bits per heavy atom. The lowest BCUT2D eigenvalue weighted by Crippen LogP contribution is -2.66. The smallest absolute Gasteiger partial charge is 0.321 e. The number of anilines is 1. The lowest BCUT2D eigenvalue weighted by molar-refractivity contribution is -0.0399. The van der Waals surface area contributed by atoms with Gasteiger partial charge in [0, 0.05) is 67.7 Å². The number of H-pyrrole nitrogens is 1. The number of rotatable bonds is 5. The molecule has 0 unspecified atom stereocenters. The molecule has 0 saturated carbocycles. The zero-order chi connectivity index (χ0) is 27.1. The van der Waals surface area contributed by atoms with Gasteiger partial charge in [0.1, 0.15) is 23.3 Å². The molecule has 2 saturated heterocycles. The SMILES string of the molecule is N#CCC1(n2cc(-c3ncnc4[nH]ccc34)cn2)CN(C2CCN(C(=O)Nc3cc(F)cc(F)c3F)CC2)C1. The first-order valence-corrected chi connectivity index (χ1v) is 12.5. The summed E-state index contributed by atoms with van der Waals surface area (Å²) >= 11 is 0. The molecule has 0 spiro atoms. The van der Waals surface area contributed by atoms with Crippen molar-refractivity contribution in [3.8, 4) is 17.3 Å². The Morgan fingerprint density at radius 2 is 2.00 bits per heavy atom. The Hall–Kier alpha value is -4.44. The van der Waals surface area contributed by atoms with Gasteiger partial charge in [0.25, 0.3) is 0 Å². The van der Waals surface area contributed by atoms with E-state index in [1.54, 1.807) is 6.20 Å². The third kappa shape index (κ3) is 4.46. The van der Waals surface area contributed by atoms with Gasteiger partial charge in [0.15, 0.2) is 11.6 Å². The zero-order valence-corrected chi connectivity index (χ0v) is 20.7. The summed E-state index contributed by atoms with van der Waals surface area (Å²) < 4.78 is 42.7. The molecule has 2 aliphatic rings. The number of amides is 2. The molecule has 2 amide bonds. The molecule has 3 aromatic heterocycles. The summed E-state index contributed by atoms with van der Waals surface area (Å²) in [5.41, 5.74) is 1.35. The van der Waals surface area contributed by atoms with Gasteiger partial charge >= 0.3 is 6.03 Å². The number of hydrogen-bond donors (Lipinski definition) is 2. The second-order valence-corrected chi connectivity index (χ2v) is 10.00. The number of carbonyl (C=O) groups is 1. The van der Waals surface area contributed by atoms with E-state index in [-0.39, 0.29) is 6.04 Å². The van der Waals surface area contributed by atoms with Crippen molar-refractivity contribution in [3.63, 3.8) is 0 Å². The summed E-state index contributed by atoms with van der Waals surface area (Å²) in [6.07, 6.45) is 8.63. The number of urea groups is 1. The van der Waals surface area contributed by atoms with E-state index in [0.717, 1.165) is 28.4 Å². The molecular weight excluding hydrogens is 511 g/mol. The van der Waals surface area contributed by atoms with Crippen LogP contribution in [0, 0.1) is 28.8 Å². The largest absolute Gasteiger partial charge is 0.346 e. The van der Waals surface area contributed by atoms with E-state index in [1.165, 1.54) is 11.2 Å². The molecule has 4 aromatic rings. The first-order chi connectivity index (χ1) is 18.9. The molecule has 1 aromatic carbocycles. The Kier molecular flexibility index (Phi) is 6.19. The lowest BCUT2D eigenvalue weighted by Gasteiger charge is -2.53. The van der Waals surface area contributed by atoms with Gasteiger partial charge in [-0.05, 0) is 18.9 Å². The van der Waals surface area contributed by atoms with E-state index in [1.807, 2.05) is 23.1 Å². The van der Waals surface area contributed by atoms with E-state index in [0.29, 0.717) is 51.5 Å². The second kappa shape index (κ2) is 9.70. The first kappa shape index (κ1) is 24.9. The van der Waals surface area contributed by atoms with Gasteiger partial charge in [-0.25, -0.2) is 27.9 Å². The number of nitriles is 1. The molecule has 2 fully saturated rings. The highest BCUT2D eigenvalue weighted by atomic mass is 19.2. The highest BCUT2D eigenvalue weighted by Gasteiger charge is 2.48. The maximum absolute atomic E-state index is 13.9. The number of aromatic nitrogens is 5. The Bertz CT molecular complexity index is 1580. The van der Waals surface area contributed by atoms with Gasteiger partial charge in [-0.1, -0.05) is 0 Å². The Morgan fingerprint density at radius 1 is 1.21 bits per heavy atom. The van der Waals surface area contributed by atoms with Crippen LogP contribution in [0.2, 0.25) is 0 Å². The molecule has 0 atom stereocenters. The van der Waals surface area contributed by atoms with Crippen LogP contribution in [0.25, 0.3) is 22.3 Å². The van der Waals surface area contributed by atoms with Crippen molar-refractivity contribution < 1.29 is 18.0 Å². The van der Waals surface area contributed by atoms with E-state index in [4.69, 9.17) is 0 Å². The van der Waals surface area contributed by atoms with Crippen molar-refractivity contribution in [2.24, 2.45) is 0 Å².